The minimum absolute atomic E-state index is 0.305. The van der Waals surface area contributed by atoms with E-state index in [1.54, 1.807) is 44.6 Å². The molecule has 0 spiro atoms. The smallest absolute Gasteiger partial charge is 0.405 e. The molecule has 0 fully saturated rings. The van der Waals surface area contributed by atoms with Crippen LogP contribution in [0.3, 0.4) is 0 Å². The van der Waals surface area contributed by atoms with Crippen LogP contribution in [0.25, 0.3) is 22.2 Å². The Bertz CT molecular complexity index is 1060. The largest absolute Gasteiger partial charge is 0.495 e. The minimum Gasteiger partial charge on any atom is -0.495 e. The molecule has 0 aliphatic heterocycles. The normalized spacial score (nSPS) is 14.0. The Labute approximate surface area is 170 Å². The number of amides is 1. The Morgan fingerprint density at radius 3 is 2.63 bits per heavy atom. The highest BCUT2D eigenvalue weighted by Crippen LogP contribution is 2.33. The van der Waals surface area contributed by atoms with Crippen LogP contribution in [0.5, 0.6) is 5.75 Å². The van der Waals surface area contributed by atoms with Crippen LogP contribution in [0.1, 0.15) is 19.4 Å². The lowest BCUT2D eigenvalue weighted by molar-refractivity contribution is -0.143. The molecule has 10 heteroatoms. The number of aromatic amines is 1. The topological polar surface area (TPSA) is 106 Å². The molecule has 4 N–H and O–H groups in total. The third-order valence-electron chi connectivity index (χ3n) is 5.00. The lowest BCUT2D eigenvalue weighted by Gasteiger charge is -2.32. The predicted octanol–water partition coefficient (Wildman–Crippen LogP) is 3.12. The Morgan fingerprint density at radius 1 is 1.27 bits per heavy atom. The molecular weight excluding hydrogens is 399 g/mol. The SMILES string of the molecule is COc1cnc2[nH]cc(-c3cncc([C@@](N)(C(=O)NCC(F)(F)F)C(C)C)c3)c2c1. The van der Waals surface area contributed by atoms with Gasteiger partial charge in [-0.1, -0.05) is 13.8 Å². The van der Waals surface area contributed by atoms with Gasteiger partial charge in [0.05, 0.1) is 13.3 Å². The minimum atomic E-state index is -4.54. The lowest BCUT2D eigenvalue weighted by atomic mass is 9.80. The number of aromatic nitrogens is 3. The van der Waals surface area contributed by atoms with Crippen molar-refractivity contribution in [2.75, 3.05) is 13.7 Å². The first-order valence-corrected chi connectivity index (χ1v) is 9.17. The van der Waals surface area contributed by atoms with Gasteiger partial charge in [-0.3, -0.25) is 9.78 Å². The van der Waals surface area contributed by atoms with Gasteiger partial charge in [-0.2, -0.15) is 13.2 Å². The third-order valence-corrected chi connectivity index (χ3v) is 5.00. The number of alkyl halides is 3. The molecule has 30 heavy (non-hydrogen) atoms. The van der Waals surface area contributed by atoms with E-state index < -0.39 is 30.1 Å². The van der Waals surface area contributed by atoms with Crippen molar-refractivity contribution < 1.29 is 22.7 Å². The van der Waals surface area contributed by atoms with Gasteiger partial charge in [-0.15, -0.1) is 0 Å². The van der Waals surface area contributed by atoms with Crippen LogP contribution in [-0.2, 0) is 10.3 Å². The first-order valence-electron chi connectivity index (χ1n) is 9.17. The molecule has 3 heterocycles. The second kappa shape index (κ2) is 7.94. The highest BCUT2D eigenvalue weighted by Gasteiger charge is 2.41. The maximum atomic E-state index is 12.7. The monoisotopic (exact) mass is 421 g/mol. The molecule has 160 valence electrons. The zero-order chi connectivity index (χ0) is 22.1. The van der Waals surface area contributed by atoms with E-state index in [1.807, 2.05) is 5.32 Å². The molecule has 3 rings (SSSR count). The summed E-state index contributed by atoms with van der Waals surface area (Å²) in [6, 6.07) is 3.46. The molecule has 1 atom stereocenters. The van der Waals surface area contributed by atoms with Crippen LogP contribution in [0.2, 0.25) is 0 Å². The van der Waals surface area contributed by atoms with E-state index in [-0.39, 0.29) is 0 Å². The third kappa shape index (κ3) is 4.09. The first-order chi connectivity index (χ1) is 14.1. The van der Waals surface area contributed by atoms with E-state index in [1.165, 1.54) is 13.3 Å². The van der Waals surface area contributed by atoms with Crippen LogP contribution in [0, 0.1) is 5.92 Å². The lowest BCUT2D eigenvalue weighted by Crippen LogP contribution is -2.56. The van der Waals surface area contributed by atoms with Gasteiger partial charge in [0.25, 0.3) is 0 Å². The standard InChI is InChI=1S/C20H22F3N5O2/c1-11(2)20(24,18(29)28-10-19(21,22)23)13-4-12(6-25-7-13)16-9-27-17-15(16)5-14(30-3)8-26-17/h4-9,11H,10,24H2,1-3H3,(H,26,27)(H,28,29)/t20-/m1/s1. The molecule has 0 saturated heterocycles. The van der Waals surface area contributed by atoms with Crippen molar-refractivity contribution in [1.29, 1.82) is 0 Å². The van der Waals surface area contributed by atoms with Gasteiger partial charge in [0.15, 0.2) is 0 Å². The number of nitrogens with zero attached hydrogens (tertiary/aromatic N) is 2. The summed E-state index contributed by atoms with van der Waals surface area (Å²) in [4.78, 5) is 24.2. The highest BCUT2D eigenvalue weighted by molar-refractivity contribution is 5.95. The van der Waals surface area contributed by atoms with Crippen LogP contribution >= 0.6 is 0 Å². The number of carbonyl (C=O) groups is 1. The maximum absolute atomic E-state index is 12.7. The van der Waals surface area contributed by atoms with Crippen LogP contribution < -0.4 is 15.8 Å². The fourth-order valence-corrected chi connectivity index (χ4v) is 3.20. The fraction of sp³-hybridized carbons (Fsp3) is 0.350. The molecule has 1 amide bonds. The maximum Gasteiger partial charge on any atom is 0.405 e. The Kier molecular flexibility index (Phi) is 5.71. The molecule has 0 aliphatic carbocycles. The van der Waals surface area contributed by atoms with Gasteiger partial charge >= 0.3 is 6.18 Å². The predicted molar refractivity (Wildman–Crippen MR) is 106 cm³/mol. The Morgan fingerprint density at radius 2 is 2.00 bits per heavy atom. The Hall–Kier alpha value is -3.14. The molecule has 0 unspecified atom stereocenters. The molecule has 0 saturated carbocycles. The van der Waals surface area contributed by atoms with Crippen molar-refractivity contribution in [2.24, 2.45) is 11.7 Å². The summed E-state index contributed by atoms with van der Waals surface area (Å²) in [7, 11) is 1.53. The molecule has 0 bridgehead atoms. The van der Waals surface area contributed by atoms with E-state index in [0.29, 0.717) is 22.5 Å². The first kappa shape index (κ1) is 21.6. The van der Waals surface area contributed by atoms with Gasteiger partial charge in [0, 0.05) is 40.7 Å². The number of carbonyl (C=O) groups excluding carboxylic acids is 1. The number of fused-ring (bicyclic) bond motifs is 1. The van der Waals surface area contributed by atoms with Crippen molar-refractivity contribution in [2.45, 2.75) is 25.6 Å². The number of hydrogen-bond acceptors (Lipinski definition) is 5. The zero-order valence-corrected chi connectivity index (χ0v) is 16.7. The number of methoxy groups -OCH3 is 1. The summed E-state index contributed by atoms with van der Waals surface area (Å²) < 4.78 is 43.0. The van der Waals surface area contributed by atoms with Crippen LogP contribution in [0.15, 0.2) is 36.9 Å². The van der Waals surface area contributed by atoms with Crippen molar-refractivity contribution in [3.63, 3.8) is 0 Å². The van der Waals surface area contributed by atoms with Gasteiger partial charge in [0.2, 0.25) is 5.91 Å². The molecule has 7 nitrogen and oxygen atoms in total. The van der Waals surface area contributed by atoms with Crippen LogP contribution in [-0.4, -0.2) is 40.7 Å². The molecule has 3 aromatic rings. The summed E-state index contributed by atoms with van der Waals surface area (Å²) in [6.45, 7) is 1.87. The number of ether oxygens (including phenoxy) is 1. The van der Waals surface area contributed by atoms with E-state index in [9.17, 15) is 18.0 Å². The number of nitrogens with two attached hydrogens (primary N) is 1. The van der Waals surface area contributed by atoms with Gasteiger partial charge in [-0.25, -0.2) is 4.98 Å². The van der Waals surface area contributed by atoms with Crippen molar-refractivity contribution >= 4 is 16.9 Å². The number of nitrogens with one attached hydrogen (secondary N) is 2. The summed E-state index contributed by atoms with van der Waals surface area (Å²) in [5, 5.41) is 2.66. The average molecular weight is 421 g/mol. The second-order valence-corrected chi connectivity index (χ2v) is 7.26. The number of rotatable bonds is 6. The molecule has 0 radical (unpaired) electrons. The van der Waals surface area contributed by atoms with E-state index in [2.05, 4.69) is 15.0 Å². The van der Waals surface area contributed by atoms with Crippen LogP contribution in [0.4, 0.5) is 13.2 Å². The summed E-state index contributed by atoms with van der Waals surface area (Å²) in [6.07, 6.45) is 1.75. The number of H-pyrrole nitrogens is 1. The number of halogens is 3. The van der Waals surface area contributed by atoms with Crippen molar-refractivity contribution in [3.8, 4) is 16.9 Å². The summed E-state index contributed by atoms with van der Waals surface area (Å²) in [5.74, 6) is -0.849. The fourth-order valence-electron chi connectivity index (χ4n) is 3.20. The van der Waals surface area contributed by atoms with E-state index in [4.69, 9.17) is 10.5 Å². The second-order valence-electron chi connectivity index (χ2n) is 7.26. The number of hydrogen-bond donors (Lipinski definition) is 3. The molecular formula is C20H22F3N5O2. The van der Waals surface area contributed by atoms with E-state index in [0.717, 1.165) is 10.9 Å². The highest BCUT2D eigenvalue weighted by atomic mass is 19.4. The summed E-state index contributed by atoms with van der Waals surface area (Å²) >= 11 is 0. The molecule has 0 aliphatic rings. The zero-order valence-electron chi connectivity index (χ0n) is 16.7. The van der Waals surface area contributed by atoms with Crippen molar-refractivity contribution in [1.82, 2.24) is 20.3 Å². The quantitative estimate of drug-likeness (QED) is 0.567. The number of pyridine rings is 2. The van der Waals surface area contributed by atoms with Gasteiger partial charge in [-0.05, 0) is 18.1 Å². The Balaban J connectivity index is 2.03. The van der Waals surface area contributed by atoms with Gasteiger partial charge in [0.1, 0.15) is 23.5 Å². The van der Waals surface area contributed by atoms with E-state index >= 15 is 0 Å². The van der Waals surface area contributed by atoms with Crippen molar-refractivity contribution in [3.05, 3.63) is 42.5 Å². The van der Waals surface area contributed by atoms with Gasteiger partial charge < -0.3 is 20.8 Å². The molecule has 3 aromatic heterocycles. The average Bonchev–Trinajstić information content (AvgIpc) is 3.13. The molecule has 0 aromatic carbocycles. The summed E-state index contributed by atoms with van der Waals surface area (Å²) in [5.41, 5.74) is 6.97.